The minimum absolute atomic E-state index is 0.211. The first-order valence-corrected chi connectivity index (χ1v) is 5.64. The van der Waals surface area contributed by atoms with Crippen LogP contribution in [0.3, 0.4) is 0 Å². The molecule has 0 aromatic carbocycles. The fourth-order valence-electron chi connectivity index (χ4n) is 2.40. The average molecular weight is 198 g/mol. The predicted molar refractivity (Wildman–Crippen MR) is 57.8 cm³/mol. The van der Waals surface area contributed by atoms with Gasteiger partial charge >= 0.3 is 0 Å². The zero-order valence-corrected chi connectivity index (χ0v) is 9.25. The third-order valence-corrected chi connectivity index (χ3v) is 3.16. The summed E-state index contributed by atoms with van der Waals surface area (Å²) in [4.78, 5) is 10.7. The SMILES string of the molecule is CC(CC(N)=O)NC(C)C1CCCC1. The van der Waals surface area contributed by atoms with Crippen molar-refractivity contribution >= 4 is 5.91 Å². The largest absolute Gasteiger partial charge is 0.370 e. The Bertz CT molecular complexity index is 188. The monoisotopic (exact) mass is 198 g/mol. The molecule has 3 heteroatoms. The van der Waals surface area contributed by atoms with Crippen molar-refractivity contribution in [3.8, 4) is 0 Å². The Morgan fingerprint density at radius 3 is 2.50 bits per heavy atom. The minimum atomic E-state index is -0.219. The lowest BCUT2D eigenvalue weighted by atomic mass is 9.99. The van der Waals surface area contributed by atoms with Crippen LogP contribution in [0.25, 0.3) is 0 Å². The van der Waals surface area contributed by atoms with Crippen molar-refractivity contribution in [2.45, 2.75) is 58.0 Å². The fourth-order valence-corrected chi connectivity index (χ4v) is 2.40. The van der Waals surface area contributed by atoms with Crippen LogP contribution in [0, 0.1) is 5.92 Å². The second-order valence-corrected chi connectivity index (χ2v) is 4.57. The molecule has 14 heavy (non-hydrogen) atoms. The van der Waals surface area contributed by atoms with Crippen LogP contribution in [-0.2, 0) is 4.79 Å². The van der Waals surface area contributed by atoms with Crippen molar-refractivity contribution in [2.24, 2.45) is 11.7 Å². The molecule has 0 aliphatic heterocycles. The number of hydrogen-bond donors (Lipinski definition) is 2. The lowest BCUT2D eigenvalue weighted by Gasteiger charge is -2.24. The van der Waals surface area contributed by atoms with Crippen LogP contribution in [0.5, 0.6) is 0 Å². The Labute approximate surface area is 86.4 Å². The van der Waals surface area contributed by atoms with Crippen molar-refractivity contribution in [1.29, 1.82) is 0 Å². The number of amides is 1. The second-order valence-electron chi connectivity index (χ2n) is 4.57. The van der Waals surface area contributed by atoms with E-state index in [1.165, 1.54) is 25.7 Å². The number of primary amides is 1. The quantitative estimate of drug-likeness (QED) is 0.702. The summed E-state index contributed by atoms with van der Waals surface area (Å²) in [5.41, 5.74) is 5.14. The van der Waals surface area contributed by atoms with E-state index >= 15 is 0 Å². The smallest absolute Gasteiger partial charge is 0.218 e. The lowest BCUT2D eigenvalue weighted by Crippen LogP contribution is -2.40. The molecule has 1 fully saturated rings. The van der Waals surface area contributed by atoms with E-state index in [0.29, 0.717) is 12.5 Å². The highest BCUT2D eigenvalue weighted by atomic mass is 16.1. The van der Waals surface area contributed by atoms with Gasteiger partial charge in [-0.3, -0.25) is 4.79 Å². The highest BCUT2D eigenvalue weighted by Gasteiger charge is 2.22. The number of rotatable bonds is 5. The first-order chi connectivity index (χ1) is 6.59. The van der Waals surface area contributed by atoms with Gasteiger partial charge in [0.25, 0.3) is 0 Å². The average Bonchev–Trinajstić information content (AvgIpc) is 2.53. The number of carbonyl (C=O) groups excluding carboxylic acids is 1. The molecule has 1 rings (SSSR count). The van der Waals surface area contributed by atoms with Crippen LogP contribution in [-0.4, -0.2) is 18.0 Å². The van der Waals surface area contributed by atoms with Crippen molar-refractivity contribution in [1.82, 2.24) is 5.32 Å². The van der Waals surface area contributed by atoms with Crippen molar-refractivity contribution in [2.75, 3.05) is 0 Å². The van der Waals surface area contributed by atoms with E-state index in [0.717, 1.165) is 5.92 Å². The number of nitrogens with two attached hydrogens (primary N) is 1. The van der Waals surface area contributed by atoms with E-state index in [1.807, 2.05) is 6.92 Å². The predicted octanol–water partition coefficient (Wildman–Crippen LogP) is 1.42. The Hall–Kier alpha value is -0.570. The molecule has 0 aromatic heterocycles. The van der Waals surface area contributed by atoms with Crippen LogP contribution >= 0.6 is 0 Å². The maximum absolute atomic E-state index is 10.7. The molecule has 2 unspecified atom stereocenters. The normalized spacial score (nSPS) is 22.1. The number of carbonyl (C=O) groups is 1. The van der Waals surface area contributed by atoms with Gasteiger partial charge in [0, 0.05) is 18.5 Å². The molecular weight excluding hydrogens is 176 g/mol. The van der Waals surface area contributed by atoms with E-state index in [1.54, 1.807) is 0 Å². The lowest BCUT2D eigenvalue weighted by molar-refractivity contribution is -0.118. The Balaban J connectivity index is 2.24. The standard InChI is InChI=1S/C11H22N2O/c1-8(7-11(12)14)13-9(2)10-5-3-4-6-10/h8-10,13H,3-7H2,1-2H3,(H2,12,14). The molecule has 3 nitrogen and oxygen atoms in total. The van der Waals surface area contributed by atoms with Gasteiger partial charge in [-0.1, -0.05) is 12.8 Å². The van der Waals surface area contributed by atoms with Gasteiger partial charge in [-0.05, 0) is 32.6 Å². The summed E-state index contributed by atoms with van der Waals surface area (Å²) in [7, 11) is 0. The summed E-state index contributed by atoms with van der Waals surface area (Å²) < 4.78 is 0. The van der Waals surface area contributed by atoms with Gasteiger partial charge in [-0.25, -0.2) is 0 Å². The molecule has 0 spiro atoms. The van der Waals surface area contributed by atoms with Crippen molar-refractivity contribution < 1.29 is 4.79 Å². The molecule has 0 bridgehead atoms. The van der Waals surface area contributed by atoms with Gasteiger partial charge in [0.2, 0.25) is 5.91 Å². The molecule has 3 N–H and O–H groups in total. The number of nitrogens with one attached hydrogen (secondary N) is 1. The third-order valence-electron chi connectivity index (χ3n) is 3.16. The molecule has 2 atom stereocenters. The van der Waals surface area contributed by atoms with Crippen molar-refractivity contribution in [3.63, 3.8) is 0 Å². The minimum Gasteiger partial charge on any atom is -0.370 e. The molecular formula is C11H22N2O. The summed E-state index contributed by atoms with van der Waals surface area (Å²) in [6.45, 7) is 4.24. The zero-order chi connectivity index (χ0) is 10.6. The molecule has 1 aliphatic rings. The summed E-state index contributed by atoms with van der Waals surface area (Å²) in [6.07, 6.45) is 5.83. The Morgan fingerprint density at radius 2 is 2.00 bits per heavy atom. The van der Waals surface area contributed by atoms with E-state index in [9.17, 15) is 4.79 Å². The van der Waals surface area contributed by atoms with E-state index in [-0.39, 0.29) is 11.9 Å². The number of hydrogen-bond acceptors (Lipinski definition) is 2. The molecule has 0 saturated heterocycles. The Kier molecular flexibility index (Phi) is 4.39. The van der Waals surface area contributed by atoms with Crippen LogP contribution in [0.1, 0.15) is 46.0 Å². The zero-order valence-electron chi connectivity index (χ0n) is 9.25. The summed E-state index contributed by atoms with van der Waals surface area (Å²) in [6, 6.07) is 0.731. The van der Waals surface area contributed by atoms with Crippen LogP contribution in [0.2, 0.25) is 0 Å². The van der Waals surface area contributed by atoms with Crippen LogP contribution in [0.4, 0.5) is 0 Å². The first-order valence-electron chi connectivity index (χ1n) is 5.64. The van der Waals surface area contributed by atoms with Gasteiger partial charge in [0.15, 0.2) is 0 Å². The topological polar surface area (TPSA) is 55.1 Å². The summed E-state index contributed by atoms with van der Waals surface area (Å²) in [5.74, 6) is 0.578. The fraction of sp³-hybridized carbons (Fsp3) is 0.909. The summed E-state index contributed by atoms with van der Waals surface area (Å²) >= 11 is 0. The molecule has 0 aromatic rings. The maximum Gasteiger partial charge on any atom is 0.218 e. The van der Waals surface area contributed by atoms with Crippen molar-refractivity contribution in [3.05, 3.63) is 0 Å². The Morgan fingerprint density at radius 1 is 1.43 bits per heavy atom. The maximum atomic E-state index is 10.7. The van der Waals surface area contributed by atoms with Gasteiger partial charge in [0.05, 0.1) is 0 Å². The van der Waals surface area contributed by atoms with Crippen LogP contribution in [0.15, 0.2) is 0 Å². The van der Waals surface area contributed by atoms with Gasteiger partial charge in [-0.15, -0.1) is 0 Å². The third kappa shape index (κ3) is 3.66. The molecule has 1 aliphatic carbocycles. The van der Waals surface area contributed by atoms with E-state index < -0.39 is 0 Å². The molecule has 0 heterocycles. The highest BCUT2D eigenvalue weighted by Crippen LogP contribution is 2.27. The first kappa shape index (κ1) is 11.5. The highest BCUT2D eigenvalue weighted by molar-refractivity contribution is 5.74. The molecule has 0 radical (unpaired) electrons. The van der Waals surface area contributed by atoms with E-state index in [4.69, 9.17) is 5.73 Å². The summed E-state index contributed by atoms with van der Waals surface area (Å²) in [5, 5.41) is 3.45. The second kappa shape index (κ2) is 5.35. The van der Waals surface area contributed by atoms with Gasteiger partial charge in [0.1, 0.15) is 0 Å². The van der Waals surface area contributed by atoms with E-state index in [2.05, 4.69) is 12.2 Å². The van der Waals surface area contributed by atoms with Crippen LogP contribution < -0.4 is 11.1 Å². The molecule has 1 saturated carbocycles. The van der Waals surface area contributed by atoms with Gasteiger partial charge in [-0.2, -0.15) is 0 Å². The van der Waals surface area contributed by atoms with Gasteiger partial charge < -0.3 is 11.1 Å². The molecule has 82 valence electrons. The molecule has 1 amide bonds.